The third kappa shape index (κ3) is 4.80. The number of morpholine rings is 1. The monoisotopic (exact) mass is 345 g/mol. The first-order valence-electron chi connectivity index (χ1n) is 8.24. The number of hydrogen-bond donors (Lipinski definition) is 2. The minimum absolute atomic E-state index is 0.131. The number of nitrogens with one attached hydrogen (secondary N) is 2. The molecule has 1 aromatic carbocycles. The molecule has 0 spiro atoms. The van der Waals surface area contributed by atoms with Crippen molar-refractivity contribution in [2.75, 3.05) is 32.8 Å². The molecular formula is C18H23N3O2S. The summed E-state index contributed by atoms with van der Waals surface area (Å²) in [5.41, 5.74) is 1.09. The van der Waals surface area contributed by atoms with Crippen LogP contribution in [0.1, 0.15) is 16.5 Å². The fourth-order valence-corrected chi connectivity index (χ4v) is 3.67. The largest absolute Gasteiger partial charge is 0.379 e. The molecule has 0 bridgehead atoms. The van der Waals surface area contributed by atoms with Crippen molar-refractivity contribution in [2.24, 2.45) is 0 Å². The van der Waals surface area contributed by atoms with Gasteiger partial charge in [0, 0.05) is 31.1 Å². The Hall–Kier alpha value is -1.89. The van der Waals surface area contributed by atoms with Crippen molar-refractivity contribution in [3.8, 4) is 0 Å². The molecule has 1 saturated heterocycles. The Morgan fingerprint density at radius 3 is 2.62 bits per heavy atom. The van der Waals surface area contributed by atoms with Crippen molar-refractivity contribution in [1.29, 1.82) is 0 Å². The molecule has 0 radical (unpaired) electrons. The van der Waals surface area contributed by atoms with Gasteiger partial charge in [0.25, 0.3) is 0 Å². The summed E-state index contributed by atoms with van der Waals surface area (Å²) in [5.74, 6) is 0. The van der Waals surface area contributed by atoms with Gasteiger partial charge in [-0.1, -0.05) is 36.4 Å². The highest BCUT2D eigenvalue weighted by molar-refractivity contribution is 7.10. The first-order valence-corrected chi connectivity index (χ1v) is 9.12. The summed E-state index contributed by atoms with van der Waals surface area (Å²) in [4.78, 5) is 15.8. The van der Waals surface area contributed by atoms with Crippen LogP contribution >= 0.6 is 11.3 Å². The van der Waals surface area contributed by atoms with Gasteiger partial charge in [0.1, 0.15) is 0 Å². The highest BCUT2D eigenvalue weighted by atomic mass is 32.1. The van der Waals surface area contributed by atoms with Crippen molar-refractivity contribution in [3.63, 3.8) is 0 Å². The van der Waals surface area contributed by atoms with E-state index in [1.54, 1.807) is 11.3 Å². The lowest BCUT2D eigenvalue weighted by atomic mass is 10.2. The standard InChI is InChI=1S/C18H23N3O2S/c22-18(19-13-15-5-2-1-3-6-15)20-14-16(17-7-4-12-24-17)21-8-10-23-11-9-21/h1-7,12,16H,8-11,13-14H2,(H2,19,20,22)/t16-/m1/s1. The van der Waals surface area contributed by atoms with Gasteiger partial charge in [0.15, 0.2) is 0 Å². The molecule has 1 aliphatic rings. The van der Waals surface area contributed by atoms with Crippen molar-refractivity contribution in [1.82, 2.24) is 15.5 Å². The molecule has 2 aromatic rings. The number of ether oxygens (including phenoxy) is 1. The normalized spacial score (nSPS) is 16.5. The molecule has 2 N–H and O–H groups in total. The Bertz CT molecular complexity index is 612. The minimum atomic E-state index is -0.131. The van der Waals surface area contributed by atoms with Gasteiger partial charge in [-0.3, -0.25) is 4.90 Å². The molecule has 1 fully saturated rings. The number of amides is 2. The fraction of sp³-hybridized carbons (Fsp3) is 0.389. The van der Waals surface area contributed by atoms with Gasteiger partial charge in [-0.15, -0.1) is 11.3 Å². The summed E-state index contributed by atoms with van der Waals surface area (Å²) < 4.78 is 5.44. The number of benzene rings is 1. The first kappa shape index (κ1) is 17.0. The molecule has 2 heterocycles. The van der Waals surface area contributed by atoms with Crippen LogP contribution in [0, 0.1) is 0 Å². The summed E-state index contributed by atoms with van der Waals surface area (Å²) in [6, 6.07) is 14.2. The van der Waals surface area contributed by atoms with Crippen LogP contribution in [-0.2, 0) is 11.3 Å². The van der Waals surface area contributed by atoms with Gasteiger partial charge in [0.2, 0.25) is 0 Å². The van der Waals surface area contributed by atoms with Crippen molar-refractivity contribution < 1.29 is 9.53 Å². The number of nitrogens with zero attached hydrogens (tertiary/aromatic N) is 1. The zero-order valence-electron chi connectivity index (χ0n) is 13.6. The van der Waals surface area contributed by atoms with E-state index in [0.29, 0.717) is 13.1 Å². The highest BCUT2D eigenvalue weighted by Gasteiger charge is 2.23. The molecule has 0 aliphatic carbocycles. The number of thiophene rings is 1. The molecule has 128 valence electrons. The molecule has 0 unspecified atom stereocenters. The lowest BCUT2D eigenvalue weighted by Gasteiger charge is -2.34. The van der Waals surface area contributed by atoms with Gasteiger partial charge in [-0.05, 0) is 17.0 Å². The second-order valence-corrected chi connectivity index (χ2v) is 6.71. The second-order valence-electron chi connectivity index (χ2n) is 5.73. The van der Waals surface area contributed by atoms with Crippen LogP contribution in [0.3, 0.4) is 0 Å². The molecule has 1 aromatic heterocycles. The van der Waals surface area contributed by atoms with Crippen molar-refractivity contribution in [2.45, 2.75) is 12.6 Å². The molecule has 3 rings (SSSR count). The van der Waals surface area contributed by atoms with Crippen LogP contribution < -0.4 is 10.6 Å². The molecular weight excluding hydrogens is 322 g/mol. The van der Waals surface area contributed by atoms with E-state index >= 15 is 0 Å². The van der Waals surface area contributed by atoms with Gasteiger partial charge >= 0.3 is 6.03 Å². The SMILES string of the molecule is O=C(NCc1ccccc1)NC[C@H](c1cccs1)N1CCOCC1. The minimum Gasteiger partial charge on any atom is -0.379 e. The highest BCUT2D eigenvalue weighted by Crippen LogP contribution is 2.25. The second kappa shape index (κ2) is 8.82. The van der Waals surface area contributed by atoms with E-state index in [4.69, 9.17) is 4.74 Å². The van der Waals surface area contributed by atoms with Crippen LogP contribution in [0.2, 0.25) is 0 Å². The Kier molecular flexibility index (Phi) is 6.23. The van der Waals surface area contributed by atoms with E-state index in [1.807, 2.05) is 30.3 Å². The summed E-state index contributed by atoms with van der Waals surface area (Å²) in [7, 11) is 0. The van der Waals surface area contributed by atoms with E-state index < -0.39 is 0 Å². The molecule has 2 amide bonds. The fourth-order valence-electron chi connectivity index (χ4n) is 2.81. The zero-order valence-corrected chi connectivity index (χ0v) is 14.4. The first-order chi connectivity index (χ1) is 11.8. The lowest BCUT2D eigenvalue weighted by molar-refractivity contribution is 0.0174. The van der Waals surface area contributed by atoms with E-state index in [-0.39, 0.29) is 12.1 Å². The summed E-state index contributed by atoms with van der Waals surface area (Å²) in [5, 5.41) is 8.01. The number of carbonyl (C=O) groups is 1. The van der Waals surface area contributed by atoms with E-state index in [9.17, 15) is 4.79 Å². The summed E-state index contributed by atoms with van der Waals surface area (Å²) >= 11 is 1.73. The molecule has 1 aliphatic heterocycles. The number of carbonyl (C=O) groups excluding carboxylic acids is 1. The maximum atomic E-state index is 12.1. The van der Waals surface area contributed by atoms with Crippen LogP contribution in [0.5, 0.6) is 0 Å². The summed E-state index contributed by atoms with van der Waals surface area (Å²) in [6.45, 7) is 4.44. The van der Waals surface area contributed by atoms with E-state index in [2.05, 4.69) is 33.0 Å². The van der Waals surface area contributed by atoms with Crippen LogP contribution in [-0.4, -0.2) is 43.8 Å². The number of rotatable bonds is 6. The Labute approximate surface area is 146 Å². The zero-order chi connectivity index (χ0) is 16.6. The topological polar surface area (TPSA) is 53.6 Å². The van der Waals surface area contributed by atoms with Gasteiger partial charge in [-0.2, -0.15) is 0 Å². The van der Waals surface area contributed by atoms with Gasteiger partial charge in [-0.25, -0.2) is 4.79 Å². The smallest absolute Gasteiger partial charge is 0.315 e. The molecule has 1 atom stereocenters. The number of hydrogen-bond acceptors (Lipinski definition) is 4. The predicted molar refractivity (Wildman–Crippen MR) is 96.1 cm³/mol. The molecule has 0 saturated carbocycles. The van der Waals surface area contributed by atoms with Crippen molar-refractivity contribution in [3.05, 3.63) is 58.3 Å². The Morgan fingerprint density at radius 1 is 1.12 bits per heavy atom. The van der Waals surface area contributed by atoms with Crippen LogP contribution in [0.25, 0.3) is 0 Å². The van der Waals surface area contributed by atoms with E-state index in [1.165, 1.54) is 4.88 Å². The lowest BCUT2D eigenvalue weighted by Crippen LogP contribution is -2.45. The van der Waals surface area contributed by atoms with Gasteiger partial charge < -0.3 is 15.4 Å². The quantitative estimate of drug-likeness (QED) is 0.846. The van der Waals surface area contributed by atoms with Crippen LogP contribution in [0.4, 0.5) is 4.79 Å². The molecule has 6 heteroatoms. The predicted octanol–water partition coefficient (Wildman–Crippen LogP) is 2.62. The molecule has 24 heavy (non-hydrogen) atoms. The maximum absolute atomic E-state index is 12.1. The third-order valence-corrected chi connectivity index (χ3v) is 5.08. The van der Waals surface area contributed by atoms with E-state index in [0.717, 1.165) is 31.9 Å². The van der Waals surface area contributed by atoms with Crippen molar-refractivity contribution >= 4 is 17.4 Å². The van der Waals surface area contributed by atoms with Crippen LogP contribution in [0.15, 0.2) is 47.8 Å². The third-order valence-electron chi connectivity index (χ3n) is 4.11. The maximum Gasteiger partial charge on any atom is 0.315 e. The number of urea groups is 1. The molecule has 5 nitrogen and oxygen atoms in total. The van der Waals surface area contributed by atoms with Gasteiger partial charge in [0.05, 0.1) is 19.3 Å². The Morgan fingerprint density at radius 2 is 1.92 bits per heavy atom. The average Bonchev–Trinajstić information content (AvgIpc) is 3.16. The Balaban J connectivity index is 1.52. The summed E-state index contributed by atoms with van der Waals surface area (Å²) in [6.07, 6.45) is 0. The average molecular weight is 345 g/mol.